The Kier molecular flexibility index (Phi) is 2.77. The predicted octanol–water partition coefficient (Wildman–Crippen LogP) is 1.04. The maximum absolute atomic E-state index is 11.8. The topological polar surface area (TPSA) is 41.1 Å². The standard InChI is InChI=1S/C11H20N2O/c1-2-9-3-5-11(6-4-9)10(14)12-7-8-13-11/h9,13H,2-8H2,1H3,(H,12,14). The van der Waals surface area contributed by atoms with Gasteiger partial charge in [0.25, 0.3) is 0 Å². The van der Waals surface area contributed by atoms with E-state index in [1.54, 1.807) is 0 Å². The van der Waals surface area contributed by atoms with Gasteiger partial charge in [-0.2, -0.15) is 0 Å². The van der Waals surface area contributed by atoms with Crippen LogP contribution in [0, 0.1) is 5.92 Å². The van der Waals surface area contributed by atoms with E-state index in [-0.39, 0.29) is 11.4 Å². The number of carbonyl (C=O) groups is 1. The van der Waals surface area contributed by atoms with Crippen LogP contribution in [0.1, 0.15) is 39.0 Å². The summed E-state index contributed by atoms with van der Waals surface area (Å²) in [5.41, 5.74) is -0.204. The molecule has 0 aromatic carbocycles. The highest BCUT2D eigenvalue weighted by Crippen LogP contribution is 2.34. The van der Waals surface area contributed by atoms with Gasteiger partial charge >= 0.3 is 0 Å². The van der Waals surface area contributed by atoms with Gasteiger partial charge in [-0.05, 0) is 31.6 Å². The maximum Gasteiger partial charge on any atom is 0.240 e. The molecule has 1 saturated carbocycles. The summed E-state index contributed by atoms with van der Waals surface area (Å²) in [5.74, 6) is 1.08. The summed E-state index contributed by atoms with van der Waals surface area (Å²) >= 11 is 0. The molecule has 1 saturated heterocycles. The summed E-state index contributed by atoms with van der Waals surface area (Å²) in [6.45, 7) is 3.97. The quantitative estimate of drug-likeness (QED) is 0.658. The molecule has 3 nitrogen and oxygen atoms in total. The Morgan fingerprint density at radius 2 is 2.07 bits per heavy atom. The number of piperazine rings is 1. The fourth-order valence-corrected chi connectivity index (χ4v) is 2.71. The molecule has 0 unspecified atom stereocenters. The summed E-state index contributed by atoms with van der Waals surface area (Å²) in [6, 6.07) is 0. The third-order valence-corrected chi connectivity index (χ3v) is 3.84. The van der Waals surface area contributed by atoms with Crippen molar-refractivity contribution in [2.75, 3.05) is 13.1 Å². The summed E-state index contributed by atoms with van der Waals surface area (Å²) in [6.07, 6.45) is 5.72. The molecule has 1 amide bonds. The Morgan fingerprint density at radius 3 is 2.64 bits per heavy atom. The van der Waals surface area contributed by atoms with Crippen molar-refractivity contribution in [3.05, 3.63) is 0 Å². The lowest BCUT2D eigenvalue weighted by Gasteiger charge is -2.42. The minimum atomic E-state index is -0.204. The van der Waals surface area contributed by atoms with Crippen molar-refractivity contribution < 1.29 is 4.79 Å². The van der Waals surface area contributed by atoms with Gasteiger partial charge in [-0.3, -0.25) is 4.79 Å². The minimum Gasteiger partial charge on any atom is -0.353 e. The lowest BCUT2D eigenvalue weighted by atomic mass is 9.74. The largest absolute Gasteiger partial charge is 0.353 e. The first-order valence-corrected chi connectivity index (χ1v) is 5.80. The molecule has 3 heteroatoms. The first-order chi connectivity index (χ1) is 6.77. The highest BCUT2D eigenvalue weighted by atomic mass is 16.2. The van der Waals surface area contributed by atoms with Gasteiger partial charge in [0, 0.05) is 13.1 Å². The summed E-state index contributed by atoms with van der Waals surface area (Å²) in [7, 11) is 0. The molecular formula is C11H20N2O. The van der Waals surface area contributed by atoms with E-state index >= 15 is 0 Å². The zero-order chi connectivity index (χ0) is 10.0. The van der Waals surface area contributed by atoms with Crippen molar-refractivity contribution >= 4 is 5.91 Å². The van der Waals surface area contributed by atoms with Crippen LogP contribution in [0.4, 0.5) is 0 Å². The van der Waals surface area contributed by atoms with E-state index in [4.69, 9.17) is 0 Å². The van der Waals surface area contributed by atoms with Crippen molar-refractivity contribution in [1.82, 2.24) is 10.6 Å². The van der Waals surface area contributed by atoms with Crippen LogP contribution in [-0.4, -0.2) is 24.5 Å². The van der Waals surface area contributed by atoms with Crippen LogP contribution in [0.2, 0.25) is 0 Å². The Morgan fingerprint density at radius 1 is 1.36 bits per heavy atom. The maximum atomic E-state index is 11.8. The number of nitrogens with one attached hydrogen (secondary N) is 2. The lowest BCUT2D eigenvalue weighted by molar-refractivity contribution is -0.131. The van der Waals surface area contributed by atoms with Crippen LogP contribution in [0.25, 0.3) is 0 Å². The smallest absolute Gasteiger partial charge is 0.240 e. The van der Waals surface area contributed by atoms with Crippen molar-refractivity contribution in [2.45, 2.75) is 44.6 Å². The Hall–Kier alpha value is -0.570. The van der Waals surface area contributed by atoms with Crippen LogP contribution >= 0.6 is 0 Å². The van der Waals surface area contributed by atoms with Crippen molar-refractivity contribution in [1.29, 1.82) is 0 Å². The first kappa shape index (κ1) is 9.97. The molecular weight excluding hydrogens is 176 g/mol. The molecule has 0 bridgehead atoms. The third kappa shape index (κ3) is 1.65. The molecule has 1 aliphatic carbocycles. The van der Waals surface area contributed by atoms with Crippen LogP contribution in [0.15, 0.2) is 0 Å². The highest BCUT2D eigenvalue weighted by molar-refractivity contribution is 5.87. The molecule has 1 heterocycles. The second-order valence-electron chi connectivity index (χ2n) is 4.62. The number of hydrogen-bond donors (Lipinski definition) is 2. The van der Waals surface area contributed by atoms with Gasteiger partial charge in [0.05, 0.1) is 5.54 Å². The van der Waals surface area contributed by atoms with E-state index < -0.39 is 0 Å². The summed E-state index contributed by atoms with van der Waals surface area (Å²) in [5, 5.41) is 6.39. The van der Waals surface area contributed by atoms with Gasteiger partial charge in [0.2, 0.25) is 5.91 Å². The molecule has 14 heavy (non-hydrogen) atoms. The van der Waals surface area contributed by atoms with E-state index in [1.807, 2.05) is 0 Å². The summed E-state index contributed by atoms with van der Waals surface area (Å²) in [4.78, 5) is 11.8. The fraction of sp³-hybridized carbons (Fsp3) is 0.909. The molecule has 0 aromatic heterocycles. The highest BCUT2D eigenvalue weighted by Gasteiger charge is 2.42. The Balaban J connectivity index is 1.99. The molecule has 0 atom stereocenters. The van der Waals surface area contributed by atoms with Crippen LogP contribution in [0.3, 0.4) is 0 Å². The van der Waals surface area contributed by atoms with Gasteiger partial charge in [-0.15, -0.1) is 0 Å². The van der Waals surface area contributed by atoms with E-state index in [9.17, 15) is 4.79 Å². The monoisotopic (exact) mass is 196 g/mol. The molecule has 0 aromatic rings. The summed E-state index contributed by atoms with van der Waals surface area (Å²) < 4.78 is 0. The minimum absolute atomic E-state index is 0.204. The second-order valence-corrected chi connectivity index (χ2v) is 4.62. The molecule has 0 radical (unpaired) electrons. The van der Waals surface area contributed by atoms with Gasteiger partial charge in [-0.1, -0.05) is 13.3 Å². The molecule has 2 aliphatic rings. The van der Waals surface area contributed by atoms with Crippen LogP contribution < -0.4 is 10.6 Å². The molecule has 2 fully saturated rings. The number of amides is 1. The molecule has 80 valence electrons. The van der Waals surface area contributed by atoms with Crippen molar-refractivity contribution in [2.24, 2.45) is 5.92 Å². The number of carbonyl (C=O) groups excluding carboxylic acids is 1. The normalized spacial score (nSPS) is 38.4. The van der Waals surface area contributed by atoms with Crippen molar-refractivity contribution in [3.63, 3.8) is 0 Å². The number of hydrogen-bond acceptors (Lipinski definition) is 2. The third-order valence-electron chi connectivity index (χ3n) is 3.84. The van der Waals surface area contributed by atoms with E-state index in [0.717, 1.165) is 31.8 Å². The van der Waals surface area contributed by atoms with E-state index in [0.29, 0.717) is 0 Å². The van der Waals surface area contributed by atoms with E-state index in [2.05, 4.69) is 17.6 Å². The lowest BCUT2D eigenvalue weighted by Crippen LogP contribution is -2.64. The predicted molar refractivity (Wildman–Crippen MR) is 56.0 cm³/mol. The van der Waals surface area contributed by atoms with Crippen LogP contribution in [-0.2, 0) is 4.79 Å². The van der Waals surface area contributed by atoms with Crippen LogP contribution in [0.5, 0.6) is 0 Å². The number of rotatable bonds is 1. The zero-order valence-electron chi connectivity index (χ0n) is 8.94. The average molecular weight is 196 g/mol. The fourth-order valence-electron chi connectivity index (χ4n) is 2.71. The SMILES string of the molecule is CCC1CCC2(CC1)NCCNC2=O. The van der Waals surface area contributed by atoms with Gasteiger partial charge < -0.3 is 10.6 Å². The average Bonchev–Trinajstić information content (AvgIpc) is 2.24. The zero-order valence-corrected chi connectivity index (χ0v) is 8.94. The van der Waals surface area contributed by atoms with Crippen molar-refractivity contribution in [3.8, 4) is 0 Å². The Labute approximate surface area is 85.6 Å². The van der Waals surface area contributed by atoms with Gasteiger partial charge in [-0.25, -0.2) is 0 Å². The van der Waals surface area contributed by atoms with Gasteiger partial charge in [0.1, 0.15) is 0 Å². The molecule has 2 N–H and O–H groups in total. The molecule has 2 rings (SSSR count). The first-order valence-electron chi connectivity index (χ1n) is 5.80. The van der Waals surface area contributed by atoms with E-state index in [1.165, 1.54) is 19.3 Å². The van der Waals surface area contributed by atoms with Gasteiger partial charge in [0.15, 0.2) is 0 Å². The second kappa shape index (κ2) is 3.89. The Bertz CT molecular complexity index is 219. The molecule has 1 spiro atoms. The molecule has 1 aliphatic heterocycles.